The highest BCUT2D eigenvalue weighted by Gasteiger charge is 2.13. The van der Waals surface area contributed by atoms with Gasteiger partial charge in [-0.2, -0.15) is 0 Å². The number of methoxy groups -OCH3 is 1. The second-order valence-corrected chi connectivity index (χ2v) is 6.91. The second-order valence-electron chi connectivity index (χ2n) is 6.50. The summed E-state index contributed by atoms with van der Waals surface area (Å²) in [6.07, 6.45) is 5.31. The number of ether oxygens (including phenoxy) is 2. The molecule has 28 heavy (non-hydrogen) atoms. The number of hydrogen-bond acceptors (Lipinski definition) is 5. The summed E-state index contributed by atoms with van der Waals surface area (Å²) >= 11 is 6.18. The van der Waals surface area contributed by atoms with E-state index in [2.05, 4.69) is 11.5 Å². The average molecular weight is 408 g/mol. The first-order chi connectivity index (χ1) is 13.3. The molecule has 154 valence electrons. The standard InChI is InChI=1S/C22H30ClNO4/c1-16-6-8-19(14-21(16)23)20(15-26)10-11-24(4)17(2)7-9-22(27-5)18(3)28-13-12-25/h6-9,14-15,20,25H,3,10-13H2,1-2,4-5H3/b17-7+,22-9+. The van der Waals surface area contributed by atoms with Gasteiger partial charge in [0.25, 0.3) is 0 Å². The van der Waals surface area contributed by atoms with Crippen LogP contribution in [0.5, 0.6) is 0 Å². The van der Waals surface area contributed by atoms with Crippen LogP contribution in [0.4, 0.5) is 0 Å². The van der Waals surface area contributed by atoms with Crippen molar-refractivity contribution in [3.05, 3.63) is 70.3 Å². The number of carbonyl (C=O) groups excluding carboxylic acids is 1. The fourth-order valence-corrected chi connectivity index (χ4v) is 2.69. The number of aryl methyl sites for hydroxylation is 1. The highest BCUT2D eigenvalue weighted by molar-refractivity contribution is 6.31. The van der Waals surface area contributed by atoms with Crippen molar-refractivity contribution >= 4 is 17.9 Å². The zero-order valence-electron chi connectivity index (χ0n) is 17.1. The molecule has 0 spiro atoms. The molecule has 0 aromatic heterocycles. The Morgan fingerprint density at radius 2 is 2.11 bits per heavy atom. The van der Waals surface area contributed by atoms with Crippen LogP contribution in [0.1, 0.15) is 30.4 Å². The number of benzene rings is 1. The molecule has 0 amide bonds. The molecule has 0 radical (unpaired) electrons. The van der Waals surface area contributed by atoms with Crippen LogP contribution in [0.3, 0.4) is 0 Å². The number of halogens is 1. The third-order valence-corrected chi connectivity index (χ3v) is 4.91. The number of aliphatic hydroxyl groups is 1. The van der Waals surface area contributed by atoms with Gasteiger partial charge in [-0.25, -0.2) is 0 Å². The Bertz CT molecular complexity index is 727. The van der Waals surface area contributed by atoms with Crippen molar-refractivity contribution < 1.29 is 19.4 Å². The van der Waals surface area contributed by atoms with Crippen molar-refractivity contribution in [2.24, 2.45) is 0 Å². The van der Waals surface area contributed by atoms with Crippen LogP contribution in [0, 0.1) is 6.92 Å². The minimum absolute atomic E-state index is 0.0856. The minimum Gasteiger partial charge on any atom is -0.493 e. The summed E-state index contributed by atoms with van der Waals surface area (Å²) in [5, 5.41) is 9.49. The molecule has 0 aliphatic rings. The lowest BCUT2D eigenvalue weighted by molar-refractivity contribution is -0.109. The number of nitrogens with zero attached hydrogens (tertiary/aromatic N) is 1. The van der Waals surface area contributed by atoms with E-state index < -0.39 is 0 Å². The Balaban J connectivity index is 2.73. The normalized spacial score (nSPS) is 13.1. The number of allylic oxidation sites excluding steroid dienone is 3. The summed E-state index contributed by atoms with van der Waals surface area (Å²) < 4.78 is 10.5. The van der Waals surface area contributed by atoms with Gasteiger partial charge in [-0.15, -0.1) is 0 Å². The van der Waals surface area contributed by atoms with Crippen LogP contribution < -0.4 is 0 Å². The van der Waals surface area contributed by atoms with E-state index >= 15 is 0 Å². The first-order valence-electron chi connectivity index (χ1n) is 9.12. The lowest BCUT2D eigenvalue weighted by atomic mass is 9.96. The van der Waals surface area contributed by atoms with E-state index in [1.54, 1.807) is 6.08 Å². The lowest BCUT2D eigenvalue weighted by Gasteiger charge is -2.22. The maximum atomic E-state index is 11.6. The van der Waals surface area contributed by atoms with Crippen molar-refractivity contribution in [1.29, 1.82) is 0 Å². The Hall–Kier alpha value is -2.24. The van der Waals surface area contributed by atoms with Crippen LogP contribution in [-0.4, -0.2) is 50.2 Å². The van der Waals surface area contributed by atoms with E-state index in [-0.39, 0.29) is 19.1 Å². The van der Waals surface area contributed by atoms with E-state index in [1.165, 1.54) is 7.11 Å². The first kappa shape index (κ1) is 23.8. The van der Waals surface area contributed by atoms with E-state index in [0.717, 1.165) is 23.1 Å². The third kappa shape index (κ3) is 7.41. The molecule has 1 unspecified atom stereocenters. The number of aldehydes is 1. The molecule has 0 bridgehead atoms. The molecule has 1 N–H and O–H groups in total. The number of aliphatic hydroxyl groups excluding tert-OH is 1. The van der Waals surface area contributed by atoms with Gasteiger partial charge >= 0.3 is 0 Å². The van der Waals surface area contributed by atoms with Gasteiger partial charge in [0.2, 0.25) is 0 Å². The van der Waals surface area contributed by atoms with Gasteiger partial charge in [-0.05, 0) is 49.6 Å². The highest BCUT2D eigenvalue weighted by atomic mass is 35.5. The minimum atomic E-state index is -0.204. The molecule has 5 nitrogen and oxygen atoms in total. The van der Waals surface area contributed by atoms with Crippen LogP contribution >= 0.6 is 11.6 Å². The molecule has 1 atom stereocenters. The predicted octanol–water partition coefficient (Wildman–Crippen LogP) is 4.21. The van der Waals surface area contributed by atoms with Gasteiger partial charge in [0.05, 0.1) is 13.7 Å². The summed E-state index contributed by atoms with van der Waals surface area (Å²) in [7, 11) is 3.50. The fraction of sp³-hybridized carbons (Fsp3) is 0.409. The quantitative estimate of drug-likeness (QED) is 0.319. The van der Waals surface area contributed by atoms with Gasteiger partial charge in [0.15, 0.2) is 11.5 Å². The van der Waals surface area contributed by atoms with E-state index in [9.17, 15) is 4.79 Å². The summed E-state index contributed by atoms with van der Waals surface area (Å²) in [6.45, 7) is 8.48. The lowest BCUT2D eigenvalue weighted by Crippen LogP contribution is -2.20. The second kappa shape index (κ2) is 12.3. The van der Waals surface area contributed by atoms with Gasteiger partial charge in [0, 0.05) is 30.2 Å². The molecule has 0 heterocycles. The number of rotatable bonds is 12. The van der Waals surface area contributed by atoms with Gasteiger partial charge in [-0.3, -0.25) is 0 Å². The average Bonchev–Trinajstić information content (AvgIpc) is 2.69. The van der Waals surface area contributed by atoms with E-state index in [1.807, 2.05) is 45.2 Å². The largest absolute Gasteiger partial charge is 0.493 e. The fourth-order valence-electron chi connectivity index (χ4n) is 2.50. The Morgan fingerprint density at radius 3 is 2.68 bits per heavy atom. The zero-order chi connectivity index (χ0) is 21.1. The van der Waals surface area contributed by atoms with Crippen molar-refractivity contribution in [2.45, 2.75) is 26.2 Å². The van der Waals surface area contributed by atoms with Gasteiger partial charge in [-0.1, -0.05) is 30.3 Å². The molecule has 1 aromatic rings. The maximum absolute atomic E-state index is 11.6. The molecule has 0 saturated heterocycles. The molecule has 6 heteroatoms. The summed E-state index contributed by atoms with van der Waals surface area (Å²) in [6, 6.07) is 5.75. The van der Waals surface area contributed by atoms with Crippen LogP contribution in [0.25, 0.3) is 0 Å². The molecule has 0 aliphatic heterocycles. The van der Waals surface area contributed by atoms with Crippen LogP contribution in [0.2, 0.25) is 5.02 Å². The van der Waals surface area contributed by atoms with Crippen LogP contribution in [0.15, 0.2) is 54.1 Å². The van der Waals surface area contributed by atoms with Gasteiger partial charge in [0.1, 0.15) is 12.9 Å². The zero-order valence-corrected chi connectivity index (χ0v) is 17.8. The molecule has 0 saturated carbocycles. The summed E-state index contributed by atoms with van der Waals surface area (Å²) in [5.41, 5.74) is 2.92. The molecule has 0 fully saturated rings. The SMILES string of the molecule is C=C(OCCO)/C(=C\C=C(/C)N(C)CCC(C=O)c1ccc(C)c(Cl)c1)OC. The van der Waals surface area contributed by atoms with Crippen molar-refractivity contribution in [3.8, 4) is 0 Å². The third-order valence-electron chi connectivity index (χ3n) is 4.50. The van der Waals surface area contributed by atoms with Gasteiger partial charge < -0.3 is 24.3 Å². The monoisotopic (exact) mass is 407 g/mol. The van der Waals surface area contributed by atoms with E-state index in [4.69, 9.17) is 26.2 Å². The van der Waals surface area contributed by atoms with Crippen molar-refractivity contribution in [3.63, 3.8) is 0 Å². The Kier molecular flexibility index (Phi) is 10.4. The Morgan fingerprint density at radius 1 is 1.39 bits per heavy atom. The molecular weight excluding hydrogens is 378 g/mol. The molecule has 0 aliphatic carbocycles. The topological polar surface area (TPSA) is 59.0 Å². The van der Waals surface area contributed by atoms with Crippen molar-refractivity contribution in [1.82, 2.24) is 4.90 Å². The summed E-state index contributed by atoms with van der Waals surface area (Å²) in [5.74, 6) is 0.645. The van der Waals surface area contributed by atoms with E-state index in [0.29, 0.717) is 29.5 Å². The van der Waals surface area contributed by atoms with Crippen molar-refractivity contribution in [2.75, 3.05) is 33.9 Å². The maximum Gasteiger partial charge on any atom is 0.160 e. The highest BCUT2D eigenvalue weighted by Crippen LogP contribution is 2.24. The molecular formula is C22H30ClNO4. The Labute approximate surface area is 172 Å². The number of hydrogen-bond donors (Lipinski definition) is 1. The molecule has 1 rings (SSSR count). The summed E-state index contributed by atoms with van der Waals surface area (Å²) in [4.78, 5) is 13.6. The predicted molar refractivity (Wildman–Crippen MR) is 113 cm³/mol. The number of carbonyl (C=O) groups is 1. The van der Waals surface area contributed by atoms with Crippen LogP contribution in [-0.2, 0) is 14.3 Å². The molecule has 1 aromatic carbocycles. The smallest absolute Gasteiger partial charge is 0.160 e. The first-order valence-corrected chi connectivity index (χ1v) is 9.49.